The van der Waals surface area contributed by atoms with Gasteiger partial charge in [-0.25, -0.2) is 9.67 Å². The summed E-state index contributed by atoms with van der Waals surface area (Å²) in [5.41, 5.74) is 5.39. The van der Waals surface area contributed by atoms with Gasteiger partial charge in [-0.15, -0.1) is 11.3 Å². The molecule has 16 heteroatoms. The zero-order chi connectivity index (χ0) is 30.3. The summed E-state index contributed by atoms with van der Waals surface area (Å²) in [4.78, 5) is 29.2. The number of thiophene rings is 1. The number of nitrogens with one attached hydrogen (secondary N) is 1. The maximum atomic E-state index is 13.8. The van der Waals surface area contributed by atoms with Crippen LogP contribution in [0.1, 0.15) is 38.5 Å². The van der Waals surface area contributed by atoms with E-state index in [1.54, 1.807) is 29.8 Å². The van der Waals surface area contributed by atoms with Crippen molar-refractivity contribution in [2.45, 2.75) is 33.3 Å². The number of amides is 2. The SMILES string of the molecule is CCn1ncc(-c2cc(C(F)(F)F)nc3sc(C(N)=O)c(NC(=O)c4ccn(COc5ccc(Cl)cc5Br)n4)c23)c1C. The van der Waals surface area contributed by atoms with Crippen molar-refractivity contribution in [3.05, 3.63) is 74.2 Å². The van der Waals surface area contributed by atoms with Crippen molar-refractivity contribution in [2.24, 2.45) is 5.73 Å². The maximum absolute atomic E-state index is 13.8. The van der Waals surface area contributed by atoms with Gasteiger partial charge >= 0.3 is 6.18 Å². The number of hydrogen-bond acceptors (Lipinski definition) is 7. The number of alkyl halides is 3. The highest BCUT2D eigenvalue weighted by Crippen LogP contribution is 2.44. The molecule has 3 N–H and O–H groups in total. The smallest absolute Gasteiger partial charge is 0.433 e. The number of carbonyl (C=O) groups is 2. The summed E-state index contributed by atoms with van der Waals surface area (Å²) >= 11 is 9.96. The topological polar surface area (TPSA) is 130 Å². The quantitative estimate of drug-likeness (QED) is 0.192. The van der Waals surface area contributed by atoms with Crippen LogP contribution in [0.2, 0.25) is 5.02 Å². The third-order valence-electron chi connectivity index (χ3n) is 6.23. The molecule has 2 amide bonds. The first kappa shape index (κ1) is 29.5. The van der Waals surface area contributed by atoms with E-state index in [1.165, 1.54) is 23.1 Å². The first-order valence-corrected chi connectivity index (χ1v) is 14.2. The molecule has 1 aromatic carbocycles. The van der Waals surface area contributed by atoms with Crippen LogP contribution in [0.4, 0.5) is 18.9 Å². The third-order valence-corrected chi connectivity index (χ3v) is 8.18. The van der Waals surface area contributed by atoms with E-state index in [2.05, 4.69) is 36.4 Å². The second kappa shape index (κ2) is 11.4. The number of rotatable bonds is 8. The summed E-state index contributed by atoms with van der Waals surface area (Å²) in [7, 11) is 0. The van der Waals surface area contributed by atoms with Gasteiger partial charge in [0, 0.05) is 34.4 Å². The first-order chi connectivity index (χ1) is 19.9. The lowest BCUT2D eigenvalue weighted by Crippen LogP contribution is -2.18. The number of aromatic nitrogens is 5. The molecule has 0 fully saturated rings. The Balaban J connectivity index is 1.53. The van der Waals surface area contributed by atoms with E-state index >= 15 is 0 Å². The van der Waals surface area contributed by atoms with Gasteiger partial charge in [0.2, 0.25) is 0 Å². The Labute approximate surface area is 253 Å². The highest BCUT2D eigenvalue weighted by Gasteiger charge is 2.35. The van der Waals surface area contributed by atoms with Crippen LogP contribution in [0.3, 0.4) is 0 Å². The van der Waals surface area contributed by atoms with Crippen molar-refractivity contribution in [3.63, 3.8) is 0 Å². The van der Waals surface area contributed by atoms with Crippen LogP contribution in [0.15, 0.2) is 47.2 Å². The van der Waals surface area contributed by atoms with Crippen LogP contribution in [-0.2, 0) is 19.5 Å². The Bertz CT molecular complexity index is 1850. The lowest BCUT2D eigenvalue weighted by molar-refractivity contribution is -0.140. The number of hydrogen-bond donors (Lipinski definition) is 2. The van der Waals surface area contributed by atoms with Crippen molar-refractivity contribution in [2.75, 3.05) is 5.32 Å². The van der Waals surface area contributed by atoms with E-state index in [1.807, 2.05) is 6.92 Å². The maximum Gasteiger partial charge on any atom is 0.433 e. The molecule has 4 aromatic heterocycles. The summed E-state index contributed by atoms with van der Waals surface area (Å²) in [6.07, 6.45) is -1.83. The minimum absolute atomic E-state index is 0.0417. The fourth-order valence-corrected chi connectivity index (χ4v) is 6.04. The number of pyridine rings is 1. The van der Waals surface area contributed by atoms with E-state index in [4.69, 9.17) is 22.1 Å². The second-order valence-corrected chi connectivity index (χ2v) is 11.2. The van der Waals surface area contributed by atoms with Gasteiger partial charge < -0.3 is 15.8 Å². The minimum atomic E-state index is -4.77. The summed E-state index contributed by atoms with van der Waals surface area (Å²) < 4.78 is 50.8. The van der Waals surface area contributed by atoms with Crippen LogP contribution in [-0.4, -0.2) is 36.4 Å². The van der Waals surface area contributed by atoms with Crippen molar-refractivity contribution < 1.29 is 27.5 Å². The molecule has 0 atom stereocenters. The van der Waals surface area contributed by atoms with E-state index in [9.17, 15) is 22.8 Å². The monoisotopic (exact) mass is 681 g/mol. The number of carbonyl (C=O) groups excluding carboxylic acids is 2. The van der Waals surface area contributed by atoms with Crippen molar-refractivity contribution >= 4 is 66.6 Å². The zero-order valence-corrected chi connectivity index (χ0v) is 25.0. The highest BCUT2D eigenvalue weighted by molar-refractivity contribution is 9.10. The number of benzene rings is 1. The van der Waals surface area contributed by atoms with Gasteiger partial charge in [0.25, 0.3) is 11.8 Å². The molecule has 0 radical (unpaired) electrons. The van der Waals surface area contributed by atoms with Gasteiger partial charge in [-0.05, 0) is 65.7 Å². The van der Waals surface area contributed by atoms with Gasteiger partial charge in [-0.3, -0.25) is 14.3 Å². The first-order valence-electron chi connectivity index (χ1n) is 12.2. The van der Waals surface area contributed by atoms with Crippen molar-refractivity contribution in [1.29, 1.82) is 0 Å². The number of aryl methyl sites for hydroxylation is 1. The molecule has 5 aromatic rings. The van der Waals surface area contributed by atoms with E-state index < -0.39 is 23.7 Å². The number of halogens is 5. The highest BCUT2D eigenvalue weighted by atomic mass is 79.9. The Morgan fingerprint density at radius 2 is 1.98 bits per heavy atom. The average molecular weight is 683 g/mol. The van der Waals surface area contributed by atoms with E-state index in [0.29, 0.717) is 44.4 Å². The fourth-order valence-electron chi connectivity index (χ4n) is 4.24. The third kappa shape index (κ3) is 5.71. The predicted molar refractivity (Wildman–Crippen MR) is 155 cm³/mol. The van der Waals surface area contributed by atoms with Crippen LogP contribution in [0, 0.1) is 6.92 Å². The van der Waals surface area contributed by atoms with Crippen LogP contribution < -0.4 is 15.8 Å². The molecule has 10 nitrogen and oxygen atoms in total. The molecule has 0 aliphatic carbocycles. The summed E-state index contributed by atoms with van der Waals surface area (Å²) in [5, 5.41) is 11.7. The number of primary amides is 1. The number of fused-ring (bicyclic) bond motifs is 1. The Morgan fingerprint density at radius 1 is 1.21 bits per heavy atom. The van der Waals surface area contributed by atoms with Gasteiger partial charge in [-0.2, -0.15) is 23.4 Å². The number of anilines is 1. The Morgan fingerprint density at radius 3 is 2.62 bits per heavy atom. The molecule has 0 spiro atoms. The van der Waals surface area contributed by atoms with Crippen molar-refractivity contribution in [1.82, 2.24) is 24.5 Å². The van der Waals surface area contributed by atoms with Crippen LogP contribution >= 0.6 is 38.9 Å². The van der Waals surface area contributed by atoms with E-state index in [0.717, 1.165) is 6.07 Å². The number of nitrogens with zero attached hydrogens (tertiary/aromatic N) is 5. The van der Waals surface area contributed by atoms with Gasteiger partial charge in [-0.1, -0.05) is 11.6 Å². The second-order valence-electron chi connectivity index (χ2n) is 8.91. The van der Waals surface area contributed by atoms with Gasteiger partial charge in [0.15, 0.2) is 12.4 Å². The minimum Gasteiger partial charge on any atom is -0.470 e. The average Bonchev–Trinajstić information content (AvgIpc) is 3.64. The molecule has 0 saturated heterocycles. The van der Waals surface area contributed by atoms with Crippen LogP contribution in [0.5, 0.6) is 5.75 Å². The summed E-state index contributed by atoms with van der Waals surface area (Å²) in [6, 6.07) is 7.28. The standard InChI is InChI=1S/C26H20BrClF3N7O3S/c1-3-38-12(2)15(10-33-38)14-9-19(26(29,30)31)34-25-20(14)21(22(42-25)23(32)39)35-24(40)17-6-7-37(36-17)11-41-18-5-4-13(28)8-16(18)27/h4-10H,3,11H2,1-2H3,(H2,32,39)(H,35,40). The zero-order valence-electron chi connectivity index (χ0n) is 21.8. The largest absolute Gasteiger partial charge is 0.470 e. The van der Waals surface area contributed by atoms with Crippen LogP contribution in [0.25, 0.3) is 21.3 Å². The molecular weight excluding hydrogens is 663 g/mol. The fraction of sp³-hybridized carbons (Fsp3) is 0.192. The van der Waals surface area contributed by atoms with Gasteiger partial charge in [0.05, 0.1) is 16.4 Å². The van der Waals surface area contributed by atoms with E-state index in [-0.39, 0.29) is 38.8 Å². The van der Waals surface area contributed by atoms with Gasteiger partial charge in [0.1, 0.15) is 21.2 Å². The van der Waals surface area contributed by atoms with Crippen molar-refractivity contribution in [3.8, 4) is 16.9 Å². The molecule has 218 valence electrons. The number of ether oxygens (including phenoxy) is 1. The molecule has 0 unspecified atom stereocenters. The molecule has 4 heterocycles. The molecule has 0 aliphatic rings. The Kier molecular flexibility index (Phi) is 8.00. The molecule has 5 rings (SSSR count). The molecule has 0 aliphatic heterocycles. The normalized spacial score (nSPS) is 11.7. The Hall–Kier alpha value is -3.95. The molecule has 42 heavy (non-hydrogen) atoms. The predicted octanol–water partition coefficient (Wildman–Crippen LogP) is 6.51. The lowest BCUT2D eigenvalue weighted by atomic mass is 10.0. The molecule has 0 saturated carbocycles. The summed E-state index contributed by atoms with van der Waals surface area (Å²) in [5.74, 6) is -1.17. The summed E-state index contributed by atoms with van der Waals surface area (Å²) in [6.45, 7) is 3.99. The molecular formula is C26H20BrClF3N7O3S. The number of nitrogens with two attached hydrogens (primary N) is 1. The molecule has 0 bridgehead atoms. The lowest BCUT2D eigenvalue weighted by Gasteiger charge is -2.12.